The molecule has 5 nitrogen and oxygen atoms in total. The largest absolute Gasteiger partial charge is 0.300 e. The second-order valence-electron chi connectivity index (χ2n) is 2.28. The first-order valence-electron chi connectivity index (χ1n) is 3.12. The van der Waals surface area contributed by atoms with Crippen LogP contribution < -0.4 is 16.1 Å². The van der Waals surface area contributed by atoms with Crippen LogP contribution in [0.3, 0.4) is 0 Å². The molecule has 0 aliphatic rings. The van der Waals surface area contributed by atoms with Gasteiger partial charge in [-0.3, -0.25) is 25.5 Å². The maximum Gasteiger partial charge on any atom is 0.300 e. The molecule has 0 aromatic carbocycles. The quantitative estimate of drug-likeness (QED) is 0.675. The third kappa shape index (κ3) is 3.46. The van der Waals surface area contributed by atoms with Crippen LogP contribution in [0, 0.1) is 0 Å². The van der Waals surface area contributed by atoms with Gasteiger partial charge in [-0.15, -0.1) is 11.3 Å². The fraction of sp³-hybridized carbons (Fsp3) is 0. The summed E-state index contributed by atoms with van der Waals surface area (Å²) in [5.74, 6) is -0.578. The standard InChI is InChI=1S/C5H7ClN3O2PS/c6-3-1-4(13-2-3)5(10)9-12(7,8)11/h1-2H,(H5,7,8,9,10,11). The Balaban J connectivity index is 2.75. The van der Waals surface area contributed by atoms with Gasteiger partial charge in [0.25, 0.3) is 5.91 Å². The molecular weight excluding hydrogens is 233 g/mol. The van der Waals surface area contributed by atoms with Crippen molar-refractivity contribution in [3.63, 3.8) is 0 Å². The maximum absolute atomic E-state index is 11.2. The lowest BCUT2D eigenvalue weighted by molar-refractivity contribution is 0.0984. The number of hydrogen-bond donors (Lipinski definition) is 3. The zero-order chi connectivity index (χ0) is 10.1. The van der Waals surface area contributed by atoms with E-state index in [2.05, 4.69) is 0 Å². The van der Waals surface area contributed by atoms with Crippen LogP contribution in [0.4, 0.5) is 0 Å². The molecule has 1 aromatic rings. The van der Waals surface area contributed by atoms with Crippen LogP contribution in [0.1, 0.15) is 9.67 Å². The van der Waals surface area contributed by atoms with Gasteiger partial charge in [0, 0.05) is 5.38 Å². The topological polar surface area (TPSA) is 98.2 Å². The summed E-state index contributed by atoms with van der Waals surface area (Å²) in [5.41, 5.74) is 9.91. The Morgan fingerprint density at radius 3 is 2.62 bits per heavy atom. The van der Waals surface area contributed by atoms with Gasteiger partial charge in [-0.05, 0) is 6.07 Å². The van der Waals surface area contributed by atoms with E-state index in [4.69, 9.17) is 22.6 Å². The van der Waals surface area contributed by atoms with Gasteiger partial charge in [0.2, 0.25) is 0 Å². The Bertz CT molecular complexity index is 374. The lowest BCUT2D eigenvalue weighted by Crippen LogP contribution is -2.27. The zero-order valence-corrected chi connectivity index (χ0v) is 8.83. The Kier molecular flexibility index (Phi) is 3.10. The molecule has 0 atom stereocenters. The molecule has 0 unspecified atom stereocenters. The minimum atomic E-state index is -3.51. The van der Waals surface area contributed by atoms with Gasteiger partial charge in [0.05, 0.1) is 9.90 Å². The van der Waals surface area contributed by atoms with Crippen molar-refractivity contribution in [1.29, 1.82) is 0 Å². The highest BCUT2D eigenvalue weighted by molar-refractivity contribution is 7.57. The summed E-state index contributed by atoms with van der Waals surface area (Å²) in [7, 11) is -3.51. The van der Waals surface area contributed by atoms with E-state index in [-0.39, 0.29) is 0 Å². The predicted octanol–water partition coefficient (Wildman–Crippen LogP) is 1.16. The number of rotatable bonds is 2. The van der Waals surface area contributed by atoms with Crippen molar-refractivity contribution in [3.8, 4) is 0 Å². The van der Waals surface area contributed by atoms with E-state index >= 15 is 0 Å². The van der Waals surface area contributed by atoms with Crippen molar-refractivity contribution >= 4 is 36.4 Å². The van der Waals surface area contributed by atoms with Gasteiger partial charge in [0.15, 0.2) is 0 Å². The van der Waals surface area contributed by atoms with E-state index in [0.29, 0.717) is 9.90 Å². The van der Waals surface area contributed by atoms with Crippen LogP contribution in [0.25, 0.3) is 0 Å². The van der Waals surface area contributed by atoms with Crippen molar-refractivity contribution < 1.29 is 9.36 Å². The monoisotopic (exact) mass is 239 g/mol. The molecule has 0 bridgehead atoms. The summed E-state index contributed by atoms with van der Waals surface area (Å²) >= 11 is 6.70. The fourth-order valence-corrected chi connectivity index (χ4v) is 2.13. The van der Waals surface area contributed by atoms with Crippen molar-refractivity contribution in [2.24, 2.45) is 11.0 Å². The highest BCUT2D eigenvalue weighted by Gasteiger charge is 2.15. The molecule has 8 heteroatoms. The van der Waals surface area contributed by atoms with E-state index in [1.165, 1.54) is 6.07 Å². The van der Waals surface area contributed by atoms with E-state index in [1.807, 2.05) is 5.09 Å². The average Bonchev–Trinajstić information content (AvgIpc) is 2.31. The number of hydrogen-bond acceptors (Lipinski definition) is 3. The van der Waals surface area contributed by atoms with Gasteiger partial charge >= 0.3 is 7.59 Å². The van der Waals surface area contributed by atoms with Crippen LogP contribution in [-0.2, 0) is 4.57 Å². The normalized spacial score (nSPS) is 11.3. The van der Waals surface area contributed by atoms with Crippen molar-refractivity contribution in [2.45, 2.75) is 0 Å². The molecule has 0 aliphatic heterocycles. The molecule has 0 saturated heterocycles. The number of carbonyl (C=O) groups excluding carboxylic acids is 1. The summed E-state index contributed by atoms with van der Waals surface area (Å²) in [5, 5.41) is 3.99. The molecule has 0 fully saturated rings. The lowest BCUT2D eigenvalue weighted by Gasteiger charge is -2.06. The van der Waals surface area contributed by atoms with E-state index in [0.717, 1.165) is 11.3 Å². The molecule has 1 heterocycles. The van der Waals surface area contributed by atoms with Crippen LogP contribution in [0.2, 0.25) is 5.02 Å². The number of amides is 1. The van der Waals surface area contributed by atoms with Gasteiger partial charge < -0.3 is 0 Å². The summed E-state index contributed by atoms with van der Waals surface area (Å²) in [6, 6.07) is 1.44. The first-order valence-corrected chi connectivity index (χ1v) is 6.22. The molecule has 0 spiro atoms. The molecule has 1 aromatic heterocycles. The minimum Gasteiger partial charge on any atom is -0.279 e. The van der Waals surface area contributed by atoms with E-state index in [1.54, 1.807) is 5.38 Å². The predicted molar refractivity (Wildman–Crippen MR) is 52.8 cm³/mol. The molecule has 5 N–H and O–H groups in total. The second-order valence-corrected chi connectivity index (χ2v) is 5.27. The summed E-state index contributed by atoms with van der Waals surface area (Å²) < 4.78 is 10.8. The Morgan fingerprint density at radius 1 is 1.62 bits per heavy atom. The third-order valence-corrected chi connectivity index (χ3v) is 2.90. The SMILES string of the molecule is NP(N)(=O)NC(=O)c1cc(Cl)cs1. The zero-order valence-electron chi connectivity index (χ0n) is 6.36. The second kappa shape index (κ2) is 3.77. The lowest BCUT2D eigenvalue weighted by atomic mass is 10.5. The number of carbonyl (C=O) groups is 1. The molecule has 0 aliphatic carbocycles. The Hall–Kier alpha value is -0.390. The molecule has 0 radical (unpaired) electrons. The number of halogens is 1. The number of nitrogens with two attached hydrogens (primary N) is 2. The van der Waals surface area contributed by atoms with Crippen molar-refractivity contribution in [3.05, 3.63) is 21.3 Å². The van der Waals surface area contributed by atoms with Gasteiger partial charge in [0.1, 0.15) is 0 Å². The summed E-state index contributed by atoms with van der Waals surface area (Å²) in [4.78, 5) is 11.5. The van der Waals surface area contributed by atoms with Crippen LogP contribution in [-0.4, -0.2) is 5.91 Å². The first kappa shape index (κ1) is 10.7. The minimum absolute atomic E-state index is 0.320. The molecule has 72 valence electrons. The van der Waals surface area contributed by atoms with Crippen LogP contribution >= 0.6 is 30.5 Å². The highest BCUT2D eigenvalue weighted by Crippen LogP contribution is 2.23. The van der Waals surface area contributed by atoms with Crippen LogP contribution in [0.15, 0.2) is 11.4 Å². The molecule has 0 saturated carbocycles. The average molecular weight is 240 g/mol. The van der Waals surface area contributed by atoms with E-state index < -0.39 is 13.5 Å². The molecule has 13 heavy (non-hydrogen) atoms. The summed E-state index contributed by atoms with van der Waals surface area (Å²) in [6.45, 7) is 0. The number of thiophene rings is 1. The van der Waals surface area contributed by atoms with E-state index in [9.17, 15) is 9.36 Å². The van der Waals surface area contributed by atoms with Crippen LogP contribution in [0.5, 0.6) is 0 Å². The van der Waals surface area contributed by atoms with Gasteiger partial charge in [-0.25, -0.2) is 0 Å². The molecule has 1 amide bonds. The summed E-state index contributed by atoms with van der Waals surface area (Å²) in [6.07, 6.45) is 0. The van der Waals surface area contributed by atoms with Gasteiger partial charge in [-0.2, -0.15) is 0 Å². The third-order valence-electron chi connectivity index (χ3n) is 1.07. The fourth-order valence-electron chi connectivity index (χ4n) is 0.646. The highest BCUT2D eigenvalue weighted by atomic mass is 35.5. The maximum atomic E-state index is 11.2. The van der Waals surface area contributed by atoms with Crippen molar-refractivity contribution in [2.75, 3.05) is 0 Å². The molecule has 1 rings (SSSR count). The molecular formula is C5H7ClN3O2PS. The Morgan fingerprint density at radius 2 is 2.23 bits per heavy atom. The van der Waals surface area contributed by atoms with Gasteiger partial charge in [-0.1, -0.05) is 11.6 Å². The van der Waals surface area contributed by atoms with Crippen molar-refractivity contribution in [1.82, 2.24) is 5.09 Å². The smallest absolute Gasteiger partial charge is 0.279 e. The first-order chi connectivity index (χ1) is 5.88. The Labute approximate surface area is 83.6 Å². The number of nitrogens with one attached hydrogen (secondary N) is 1.